The van der Waals surface area contributed by atoms with Crippen LogP contribution >= 0.6 is 22.7 Å². The number of benzene rings is 2. The predicted octanol–water partition coefficient (Wildman–Crippen LogP) is 4.11. The largest absolute Gasteiger partial charge is 0.337 e. The van der Waals surface area contributed by atoms with Gasteiger partial charge in [0.2, 0.25) is 0 Å². The van der Waals surface area contributed by atoms with Gasteiger partial charge in [0.25, 0.3) is 0 Å². The zero-order valence-corrected chi connectivity index (χ0v) is 23.9. The number of para-hydroxylation sites is 4. The molecule has 2 aliphatic heterocycles. The van der Waals surface area contributed by atoms with Crippen LogP contribution in [0, 0.1) is 9.81 Å². The number of H-pyrrole nitrogens is 2. The van der Waals surface area contributed by atoms with Crippen LogP contribution in [-0.2, 0) is 11.2 Å². The van der Waals surface area contributed by atoms with E-state index in [0.717, 1.165) is 45.1 Å². The van der Waals surface area contributed by atoms with Crippen LogP contribution in [0.25, 0.3) is 45.1 Å². The monoisotopic (exact) mass is 734 g/mol. The molecule has 0 unspecified atom stereocenters. The van der Waals surface area contributed by atoms with E-state index in [1.165, 1.54) is 0 Å². The van der Waals surface area contributed by atoms with Crippen molar-refractivity contribution in [1.29, 1.82) is 0 Å². The Balaban J connectivity index is 0.000000105. The van der Waals surface area contributed by atoms with Crippen molar-refractivity contribution in [2.24, 2.45) is 0 Å². The molecule has 1 spiro atoms. The smallest absolute Gasteiger partial charge is 0.158 e. The van der Waals surface area contributed by atoms with E-state index >= 15 is 0 Å². The Morgan fingerprint density at radius 1 is 0.676 bits per heavy atom. The summed E-state index contributed by atoms with van der Waals surface area (Å²) in [6, 6.07) is 15.9. The first-order valence-electron chi connectivity index (χ1n) is 10.4. The van der Waals surface area contributed by atoms with Gasteiger partial charge in [0, 0.05) is 10.8 Å². The second-order valence-electron chi connectivity index (χ2n) is 7.26. The molecule has 2 fully saturated rings. The first-order valence-corrected chi connectivity index (χ1v) is 18.7. The molecule has 0 atom stereocenters. The minimum atomic E-state index is -3.97. The zero-order valence-electron chi connectivity index (χ0n) is 18.4. The van der Waals surface area contributed by atoms with Crippen LogP contribution in [0.1, 0.15) is 0 Å². The Morgan fingerprint density at radius 2 is 1.11 bits per heavy atom. The fourth-order valence-corrected chi connectivity index (χ4v) is 7.79. The number of hydrogen-bond acceptors (Lipinski definition) is 12. The Labute approximate surface area is 221 Å². The molecule has 0 radical (unpaired) electrons. The van der Waals surface area contributed by atoms with E-state index in [9.17, 15) is 9.81 Å². The summed E-state index contributed by atoms with van der Waals surface area (Å²) in [4.78, 5) is 43.5. The number of aromatic nitrogens is 6. The van der Waals surface area contributed by atoms with E-state index in [2.05, 4.69) is 41.1 Å². The molecule has 6 heterocycles. The number of fused-ring (bicyclic) bond motifs is 2. The van der Waals surface area contributed by atoms with Crippen LogP contribution in [0.4, 0.5) is 0 Å². The minimum absolute atomic E-state index is 0.144. The van der Waals surface area contributed by atoms with Crippen molar-refractivity contribution in [2.45, 2.75) is 0 Å². The summed E-state index contributed by atoms with van der Waals surface area (Å²) in [5, 5.41) is 3.68. The van der Waals surface area contributed by atoms with E-state index in [1.807, 2.05) is 70.3 Å². The van der Waals surface area contributed by atoms with E-state index in [1.54, 1.807) is 22.7 Å². The topological polar surface area (TPSA) is 160 Å². The summed E-state index contributed by atoms with van der Waals surface area (Å²) >= 11 is -0.825. The quantitative estimate of drug-likeness (QED) is 0.248. The predicted molar refractivity (Wildman–Crippen MR) is 132 cm³/mol. The first kappa shape index (κ1) is 23.4. The van der Waals surface area contributed by atoms with E-state index in [4.69, 9.17) is 0 Å². The van der Waals surface area contributed by atoms with Gasteiger partial charge in [0.15, 0.2) is 11.6 Å². The van der Waals surface area contributed by atoms with Gasteiger partial charge in [0.05, 0.1) is 33.1 Å². The molecule has 4 aromatic heterocycles. The van der Waals surface area contributed by atoms with Crippen LogP contribution in [0.15, 0.2) is 70.3 Å². The first-order chi connectivity index (χ1) is 18.1. The minimum Gasteiger partial charge on any atom is -0.337 e. The van der Waals surface area contributed by atoms with Gasteiger partial charge < -0.3 is 9.97 Å². The fraction of sp³-hybridized carbons (Fsp3) is 0. The number of nitrogens with zero attached hydrogens (tertiary/aromatic N) is 6. The van der Waals surface area contributed by atoms with Gasteiger partial charge in [-0.3, -0.25) is 0 Å². The normalized spacial score (nSPS) is 14.6. The maximum atomic E-state index is 9.86. The summed E-state index contributed by atoms with van der Waals surface area (Å²) < 4.78 is 16.9. The van der Waals surface area contributed by atoms with Crippen molar-refractivity contribution in [3.8, 4) is 23.0 Å². The number of thiazole rings is 2. The molecule has 2 aliphatic rings. The average Bonchev–Trinajstić information content (AvgIpc) is 3.68. The maximum Gasteiger partial charge on any atom is 0.158 e. The molecule has 14 nitrogen and oxygen atoms in total. The molecule has 37 heavy (non-hydrogen) atoms. The second kappa shape index (κ2) is 9.78. The Bertz CT molecular complexity index is 1490. The van der Waals surface area contributed by atoms with Gasteiger partial charge in [-0.25, -0.2) is 19.9 Å². The molecule has 17 heteroatoms. The number of imidazole rings is 2. The van der Waals surface area contributed by atoms with Crippen molar-refractivity contribution < 1.29 is 21.3 Å². The van der Waals surface area contributed by atoms with Gasteiger partial charge in [-0.15, -0.1) is 22.7 Å². The van der Waals surface area contributed by atoms with Gasteiger partial charge >= 0.3 is 54.1 Å². The van der Waals surface area contributed by atoms with Crippen LogP contribution in [0.5, 0.6) is 0 Å². The van der Waals surface area contributed by atoms with Crippen molar-refractivity contribution in [2.75, 3.05) is 0 Å². The Hall–Kier alpha value is -4.04. The van der Waals surface area contributed by atoms with Gasteiger partial charge in [0.1, 0.15) is 11.4 Å². The molecule has 8 rings (SSSR count). The van der Waals surface area contributed by atoms with Crippen molar-refractivity contribution in [1.82, 2.24) is 29.9 Å². The molecule has 0 aliphatic carbocycles. The van der Waals surface area contributed by atoms with Crippen LogP contribution < -0.4 is 0 Å². The number of aromatic amines is 2. The van der Waals surface area contributed by atoms with E-state index in [-0.39, 0.29) is 10.2 Å². The number of hydrogen-bond donors (Lipinski definition) is 2. The molecule has 0 bridgehead atoms. The summed E-state index contributed by atoms with van der Waals surface area (Å²) in [5.74, 6) is 1.68. The van der Waals surface area contributed by atoms with Crippen molar-refractivity contribution >= 4 is 67.7 Å². The van der Waals surface area contributed by atoms with E-state index in [0.29, 0.717) is 0 Å². The molecule has 0 amide bonds. The van der Waals surface area contributed by atoms with Gasteiger partial charge in [-0.2, -0.15) is 0 Å². The zero-order chi connectivity index (χ0) is 25.2. The van der Waals surface area contributed by atoms with E-state index < -0.39 is 23.0 Å². The number of nitrogens with one attached hydrogen (secondary N) is 2. The summed E-state index contributed by atoms with van der Waals surface area (Å²) in [6.07, 6.45) is 0. The average molecular weight is 734 g/mol. The molecular weight excluding hydrogens is 720 g/mol. The maximum absolute atomic E-state index is 9.86. The van der Waals surface area contributed by atoms with Crippen LogP contribution in [-0.4, -0.2) is 63.1 Å². The molecule has 2 N–H and O–H groups in total. The second-order valence-corrected chi connectivity index (χ2v) is 15.4. The molecule has 184 valence electrons. The molecular formula is C20H14N8O6PbS2+2. The molecule has 2 aromatic carbocycles. The Morgan fingerprint density at radius 3 is 1.46 bits per heavy atom. The SMILES string of the molecule is O=[N+]1[O][Pb]2([O]1)[O][N+](=O)[O]2.c1ccc2[nH]c(-c3cscn3)nc2c1.c1ccc2[nH]c(-c3cscn3)nc2c1. The summed E-state index contributed by atoms with van der Waals surface area (Å²) in [7, 11) is 0. The third-order valence-corrected chi connectivity index (χ3v) is 11.8. The van der Waals surface area contributed by atoms with Crippen LogP contribution in [0.3, 0.4) is 0 Å². The molecule has 6 aromatic rings. The summed E-state index contributed by atoms with van der Waals surface area (Å²) in [5.41, 5.74) is 9.50. The van der Waals surface area contributed by atoms with Crippen molar-refractivity contribution in [3.63, 3.8) is 0 Å². The third-order valence-electron chi connectivity index (χ3n) is 4.87. The fourth-order valence-electron chi connectivity index (χ4n) is 3.25. The standard InChI is InChI=1S/2C10H7N3S.2NO3.Pb/c2*1-2-4-8-7(3-1)12-10(13-8)9-5-14-6-11-9;2*2-1(3)4;/h2*1-6H,(H,12,13);;;/q;;2*-1;+4. The molecule has 2 saturated heterocycles. The van der Waals surface area contributed by atoms with Gasteiger partial charge in [-0.1, -0.05) is 24.3 Å². The summed E-state index contributed by atoms with van der Waals surface area (Å²) in [6.45, 7) is 0. The third kappa shape index (κ3) is 4.97. The molecule has 0 saturated carbocycles. The van der Waals surface area contributed by atoms with Crippen LogP contribution in [0.2, 0.25) is 0 Å². The Kier molecular flexibility index (Phi) is 6.18. The van der Waals surface area contributed by atoms with Crippen molar-refractivity contribution in [3.05, 3.63) is 80.1 Å². The number of rotatable bonds is 2. The van der Waals surface area contributed by atoms with Gasteiger partial charge in [-0.05, 0) is 24.3 Å².